The zero-order chi connectivity index (χ0) is 13.2. The van der Waals surface area contributed by atoms with Crippen molar-refractivity contribution in [1.82, 2.24) is 19.9 Å². The van der Waals surface area contributed by atoms with Crippen molar-refractivity contribution >= 4 is 17.1 Å². The fraction of sp³-hybridized carbons (Fsp3) is 0.615. The SMILES string of the molecule is CCCc1nc2c(C)nc(N3CCOCC3)nc2[nH]1. The number of imidazole rings is 1. The zero-order valence-electron chi connectivity index (χ0n) is 11.4. The summed E-state index contributed by atoms with van der Waals surface area (Å²) in [7, 11) is 0. The summed E-state index contributed by atoms with van der Waals surface area (Å²) in [6.07, 6.45) is 2.02. The maximum absolute atomic E-state index is 5.36. The van der Waals surface area contributed by atoms with Crippen molar-refractivity contribution in [2.75, 3.05) is 31.2 Å². The average Bonchev–Trinajstić information content (AvgIpc) is 2.83. The maximum atomic E-state index is 5.36. The molecule has 1 aliphatic rings. The van der Waals surface area contributed by atoms with Gasteiger partial charge in [0.05, 0.1) is 18.9 Å². The minimum absolute atomic E-state index is 0.741. The largest absolute Gasteiger partial charge is 0.378 e. The Labute approximate surface area is 112 Å². The topological polar surface area (TPSA) is 66.9 Å². The van der Waals surface area contributed by atoms with Gasteiger partial charge in [-0.15, -0.1) is 0 Å². The Kier molecular flexibility index (Phi) is 3.33. The third-order valence-electron chi connectivity index (χ3n) is 3.34. The molecule has 1 aliphatic heterocycles. The monoisotopic (exact) mass is 261 g/mol. The summed E-state index contributed by atoms with van der Waals surface area (Å²) in [5.41, 5.74) is 2.67. The number of rotatable bonds is 3. The maximum Gasteiger partial charge on any atom is 0.227 e. The number of morpholine rings is 1. The minimum atomic E-state index is 0.741. The molecule has 19 heavy (non-hydrogen) atoms. The van der Waals surface area contributed by atoms with Crippen LogP contribution in [0.4, 0.5) is 5.95 Å². The molecule has 0 bridgehead atoms. The molecule has 0 spiro atoms. The van der Waals surface area contributed by atoms with Gasteiger partial charge >= 0.3 is 0 Å². The number of anilines is 1. The van der Waals surface area contributed by atoms with E-state index in [1.165, 1.54) is 0 Å². The van der Waals surface area contributed by atoms with E-state index in [1.807, 2.05) is 6.92 Å². The van der Waals surface area contributed by atoms with E-state index in [-0.39, 0.29) is 0 Å². The van der Waals surface area contributed by atoms with Gasteiger partial charge in [0.1, 0.15) is 11.3 Å². The molecule has 0 atom stereocenters. The van der Waals surface area contributed by atoms with E-state index in [2.05, 4.69) is 31.8 Å². The first-order chi connectivity index (χ1) is 9.28. The van der Waals surface area contributed by atoms with E-state index in [9.17, 15) is 0 Å². The molecule has 3 heterocycles. The van der Waals surface area contributed by atoms with Crippen molar-refractivity contribution in [2.45, 2.75) is 26.7 Å². The predicted octanol–water partition coefficient (Wildman–Crippen LogP) is 1.45. The molecule has 6 nitrogen and oxygen atoms in total. The zero-order valence-corrected chi connectivity index (χ0v) is 11.4. The second-order valence-corrected chi connectivity index (χ2v) is 4.84. The number of hydrogen-bond donors (Lipinski definition) is 1. The fourth-order valence-electron chi connectivity index (χ4n) is 2.33. The van der Waals surface area contributed by atoms with Gasteiger partial charge in [0.25, 0.3) is 0 Å². The Hall–Kier alpha value is -1.69. The summed E-state index contributed by atoms with van der Waals surface area (Å²) < 4.78 is 5.36. The van der Waals surface area contributed by atoms with Crippen LogP contribution < -0.4 is 4.90 Å². The lowest BCUT2D eigenvalue weighted by molar-refractivity contribution is 0.122. The average molecular weight is 261 g/mol. The van der Waals surface area contributed by atoms with Crippen LogP contribution in [0.5, 0.6) is 0 Å². The first kappa shape index (κ1) is 12.3. The van der Waals surface area contributed by atoms with E-state index < -0.39 is 0 Å². The molecule has 0 unspecified atom stereocenters. The number of fused-ring (bicyclic) bond motifs is 1. The Bertz CT molecular complexity index is 574. The van der Waals surface area contributed by atoms with E-state index in [1.54, 1.807) is 0 Å². The quantitative estimate of drug-likeness (QED) is 0.905. The van der Waals surface area contributed by atoms with Gasteiger partial charge in [0.2, 0.25) is 5.95 Å². The highest BCUT2D eigenvalue weighted by atomic mass is 16.5. The van der Waals surface area contributed by atoms with Gasteiger partial charge < -0.3 is 14.6 Å². The molecule has 102 valence electrons. The number of H-pyrrole nitrogens is 1. The lowest BCUT2D eigenvalue weighted by Crippen LogP contribution is -2.37. The molecule has 3 rings (SSSR count). The van der Waals surface area contributed by atoms with Gasteiger partial charge in [0, 0.05) is 19.5 Å². The Morgan fingerprint density at radius 2 is 2.00 bits per heavy atom. The van der Waals surface area contributed by atoms with Gasteiger partial charge in [-0.2, -0.15) is 4.98 Å². The van der Waals surface area contributed by atoms with Crippen LogP contribution in [-0.4, -0.2) is 46.2 Å². The Balaban J connectivity index is 1.97. The molecule has 2 aromatic rings. The van der Waals surface area contributed by atoms with Crippen LogP contribution in [0.2, 0.25) is 0 Å². The van der Waals surface area contributed by atoms with Crippen LogP contribution >= 0.6 is 0 Å². The number of ether oxygens (including phenoxy) is 1. The van der Waals surface area contributed by atoms with Crippen LogP contribution in [0.25, 0.3) is 11.2 Å². The summed E-state index contributed by atoms with van der Waals surface area (Å²) in [4.78, 5) is 19.2. The van der Waals surface area contributed by atoms with Crippen LogP contribution in [0.15, 0.2) is 0 Å². The standard InChI is InChI=1S/C13H19N5O/c1-3-4-10-15-11-9(2)14-13(17-12(11)16-10)18-5-7-19-8-6-18/h3-8H2,1-2H3,(H,14,15,16,17). The molecule has 0 amide bonds. The summed E-state index contributed by atoms with van der Waals surface area (Å²) >= 11 is 0. The summed E-state index contributed by atoms with van der Waals surface area (Å²) in [6, 6.07) is 0. The second kappa shape index (κ2) is 5.13. The normalized spacial score (nSPS) is 16.2. The third-order valence-corrected chi connectivity index (χ3v) is 3.34. The second-order valence-electron chi connectivity index (χ2n) is 4.84. The molecule has 0 saturated carbocycles. The van der Waals surface area contributed by atoms with Crippen LogP contribution in [0, 0.1) is 6.92 Å². The number of nitrogens with one attached hydrogen (secondary N) is 1. The highest BCUT2D eigenvalue weighted by molar-refractivity contribution is 5.74. The van der Waals surface area contributed by atoms with Crippen LogP contribution in [0.1, 0.15) is 24.9 Å². The number of aromatic nitrogens is 4. The molecular weight excluding hydrogens is 242 g/mol. The highest BCUT2D eigenvalue weighted by Gasteiger charge is 2.17. The van der Waals surface area contributed by atoms with Crippen molar-refractivity contribution in [1.29, 1.82) is 0 Å². The smallest absolute Gasteiger partial charge is 0.227 e. The number of aryl methyl sites for hydroxylation is 2. The molecule has 1 N–H and O–H groups in total. The summed E-state index contributed by atoms with van der Waals surface area (Å²) in [6.45, 7) is 7.31. The minimum Gasteiger partial charge on any atom is -0.378 e. The van der Waals surface area contributed by atoms with Gasteiger partial charge in [-0.25, -0.2) is 9.97 Å². The molecule has 0 aliphatic carbocycles. The first-order valence-electron chi connectivity index (χ1n) is 6.84. The van der Waals surface area contributed by atoms with Crippen LogP contribution in [0.3, 0.4) is 0 Å². The van der Waals surface area contributed by atoms with Gasteiger partial charge in [-0.3, -0.25) is 0 Å². The molecule has 6 heteroatoms. The van der Waals surface area contributed by atoms with E-state index in [0.717, 1.165) is 67.8 Å². The lowest BCUT2D eigenvalue weighted by atomic mass is 10.3. The molecule has 1 fully saturated rings. The van der Waals surface area contributed by atoms with Crippen molar-refractivity contribution in [3.63, 3.8) is 0 Å². The van der Waals surface area contributed by atoms with E-state index >= 15 is 0 Å². The van der Waals surface area contributed by atoms with Gasteiger partial charge in [-0.05, 0) is 13.3 Å². The fourth-order valence-corrected chi connectivity index (χ4v) is 2.33. The van der Waals surface area contributed by atoms with Gasteiger partial charge in [0.15, 0.2) is 5.65 Å². The van der Waals surface area contributed by atoms with E-state index in [4.69, 9.17) is 4.74 Å². The molecule has 2 aromatic heterocycles. The summed E-state index contributed by atoms with van der Waals surface area (Å²) in [5, 5.41) is 0. The third kappa shape index (κ3) is 2.40. The molecule has 0 radical (unpaired) electrons. The first-order valence-corrected chi connectivity index (χ1v) is 6.84. The van der Waals surface area contributed by atoms with Crippen molar-refractivity contribution < 1.29 is 4.74 Å². The lowest BCUT2D eigenvalue weighted by Gasteiger charge is -2.26. The van der Waals surface area contributed by atoms with Gasteiger partial charge in [-0.1, -0.05) is 6.92 Å². The summed E-state index contributed by atoms with van der Waals surface area (Å²) in [5.74, 6) is 1.77. The number of aromatic amines is 1. The van der Waals surface area contributed by atoms with Crippen molar-refractivity contribution in [3.05, 3.63) is 11.5 Å². The highest BCUT2D eigenvalue weighted by Crippen LogP contribution is 2.18. The van der Waals surface area contributed by atoms with Crippen molar-refractivity contribution in [3.8, 4) is 0 Å². The molecular formula is C13H19N5O. The van der Waals surface area contributed by atoms with Crippen LogP contribution in [-0.2, 0) is 11.2 Å². The Morgan fingerprint density at radius 3 is 2.74 bits per heavy atom. The number of hydrogen-bond acceptors (Lipinski definition) is 5. The molecule has 0 aromatic carbocycles. The Morgan fingerprint density at radius 1 is 1.21 bits per heavy atom. The molecule has 1 saturated heterocycles. The number of nitrogens with zero attached hydrogens (tertiary/aromatic N) is 4. The van der Waals surface area contributed by atoms with Crippen molar-refractivity contribution in [2.24, 2.45) is 0 Å². The van der Waals surface area contributed by atoms with E-state index in [0.29, 0.717) is 0 Å². The predicted molar refractivity (Wildman–Crippen MR) is 73.4 cm³/mol.